The lowest BCUT2D eigenvalue weighted by Gasteiger charge is -2.22. The van der Waals surface area contributed by atoms with Crippen LogP contribution in [0.15, 0.2) is 84.6 Å². The molecule has 0 unspecified atom stereocenters. The van der Waals surface area contributed by atoms with Crippen LogP contribution in [-0.4, -0.2) is 30.9 Å². The van der Waals surface area contributed by atoms with Gasteiger partial charge in [0.05, 0.1) is 18.4 Å². The number of rotatable bonds is 6. The molecule has 1 heterocycles. The van der Waals surface area contributed by atoms with Gasteiger partial charge in [0.2, 0.25) is 0 Å². The number of amides is 2. The first-order chi connectivity index (χ1) is 15.0. The Balaban J connectivity index is 1.83. The molecular formula is C25H21ClN2O3. The molecule has 0 aromatic heterocycles. The highest BCUT2D eigenvalue weighted by Gasteiger charge is 2.42. The SMILES string of the molecule is COc1ccccc1C1=C(N(C)Cc2ccccc2)C(=O)N(c2ccc(Cl)cc2)C1=O. The molecule has 1 aliphatic heterocycles. The fourth-order valence-electron chi connectivity index (χ4n) is 3.73. The van der Waals surface area contributed by atoms with Crippen molar-refractivity contribution in [2.45, 2.75) is 6.54 Å². The molecule has 0 spiro atoms. The van der Waals surface area contributed by atoms with Crippen LogP contribution in [-0.2, 0) is 16.1 Å². The molecule has 31 heavy (non-hydrogen) atoms. The first-order valence-corrected chi connectivity index (χ1v) is 10.2. The maximum atomic E-state index is 13.6. The zero-order chi connectivity index (χ0) is 22.0. The van der Waals surface area contributed by atoms with Gasteiger partial charge in [-0.3, -0.25) is 9.59 Å². The van der Waals surface area contributed by atoms with Crippen molar-refractivity contribution in [3.05, 3.63) is 101 Å². The number of nitrogens with zero attached hydrogens (tertiary/aromatic N) is 2. The van der Waals surface area contributed by atoms with Crippen LogP contribution in [0.3, 0.4) is 0 Å². The first kappa shape index (κ1) is 20.7. The van der Waals surface area contributed by atoms with Crippen LogP contribution in [0.1, 0.15) is 11.1 Å². The van der Waals surface area contributed by atoms with Crippen LogP contribution in [0.5, 0.6) is 5.75 Å². The molecule has 0 saturated carbocycles. The van der Waals surface area contributed by atoms with Gasteiger partial charge >= 0.3 is 0 Å². The Labute approximate surface area is 186 Å². The normalized spacial score (nSPS) is 13.7. The van der Waals surface area contributed by atoms with Crippen LogP contribution in [0, 0.1) is 0 Å². The lowest BCUT2D eigenvalue weighted by Crippen LogP contribution is -2.34. The fourth-order valence-corrected chi connectivity index (χ4v) is 3.85. The van der Waals surface area contributed by atoms with Gasteiger partial charge in [-0.25, -0.2) is 4.90 Å². The molecule has 0 N–H and O–H groups in total. The van der Waals surface area contributed by atoms with Crippen LogP contribution in [0.4, 0.5) is 5.69 Å². The van der Waals surface area contributed by atoms with Crippen molar-refractivity contribution in [3.63, 3.8) is 0 Å². The summed E-state index contributed by atoms with van der Waals surface area (Å²) in [5.74, 6) is -0.249. The Hall–Kier alpha value is -3.57. The van der Waals surface area contributed by atoms with E-state index in [0.717, 1.165) is 5.56 Å². The van der Waals surface area contributed by atoms with Gasteiger partial charge in [-0.1, -0.05) is 60.1 Å². The third-order valence-corrected chi connectivity index (χ3v) is 5.42. The maximum absolute atomic E-state index is 13.6. The molecule has 2 amide bonds. The summed E-state index contributed by atoms with van der Waals surface area (Å²) in [5.41, 5.74) is 2.72. The van der Waals surface area contributed by atoms with E-state index in [9.17, 15) is 9.59 Å². The topological polar surface area (TPSA) is 49.9 Å². The second-order valence-electron chi connectivity index (χ2n) is 7.19. The van der Waals surface area contributed by atoms with E-state index in [4.69, 9.17) is 16.3 Å². The van der Waals surface area contributed by atoms with Crippen LogP contribution < -0.4 is 9.64 Å². The minimum Gasteiger partial charge on any atom is -0.496 e. The summed E-state index contributed by atoms with van der Waals surface area (Å²) in [5, 5.41) is 0.530. The Morgan fingerprint density at radius 1 is 0.871 bits per heavy atom. The first-order valence-electron chi connectivity index (χ1n) is 9.78. The Morgan fingerprint density at radius 2 is 1.52 bits per heavy atom. The van der Waals surface area contributed by atoms with Gasteiger partial charge < -0.3 is 9.64 Å². The van der Waals surface area contributed by atoms with E-state index in [1.165, 1.54) is 4.90 Å². The third-order valence-electron chi connectivity index (χ3n) is 5.16. The molecule has 156 valence electrons. The molecule has 0 saturated heterocycles. The van der Waals surface area contributed by atoms with E-state index >= 15 is 0 Å². The van der Waals surface area contributed by atoms with Gasteiger partial charge in [-0.2, -0.15) is 0 Å². The smallest absolute Gasteiger partial charge is 0.282 e. The number of anilines is 1. The Kier molecular flexibility index (Phi) is 5.78. The molecule has 0 bridgehead atoms. The van der Waals surface area contributed by atoms with Gasteiger partial charge in [0, 0.05) is 24.2 Å². The van der Waals surface area contributed by atoms with Crippen molar-refractivity contribution >= 4 is 34.7 Å². The summed E-state index contributed by atoms with van der Waals surface area (Å²) in [7, 11) is 3.36. The Morgan fingerprint density at radius 3 is 2.19 bits per heavy atom. The average Bonchev–Trinajstić information content (AvgIpc) is 3.05. The highest BCUT2D eigenvalue weighted by Crippen LogP contribution is 2.38. The lowest BCUT2D eigenvalue weighted by molar-refractivity contribution is -0.120. The number of carbonyl (C=O) groups excluding carboxylic acids is 2. The highest BCUT2D eigenvalue weighted by molar-refractivity contribution is 6.45. The van der Waals surface area contributed by atoms with Gasteiger partial charge in [-0.15, -0.1) is 0 Å². The van der Waals surface area contributed by atoms with E-state index in [0.29, 0.717) is 39.8 Å². The molecule has 0 radical (unpaired) electrons. The number of hydrogen-bond donors (Lipinski definition) is 0. The zero-order valence-electron chi connectivity index (χ0n) is 17.2. The minimum absolute atomic E-state index is 0.316. The number of carbonyl (C=O) groups is 2. The molecule has 6 heteroatoms. The molecule has 0 atom stereocenters. The lowest BCUT2D eigenvalue weighted by atomic mass is 10.0. The van der Waals surface area contributed by atoms with Gasteiger partial charge in [0.1, 0.15) is 11.4 Å². The van der Waals surface area contributed by atoms with E-state index in [1.807, 2.05) is 54.4 Å². The molecule has 5 nitrogen and oxygen atoms in total. The number of methoxy groups -OCH3 is 1. The second kappa shape index (κ2) is 8.66. The van der Waals surface area contributed by atoms with E-state index < -0.39 is 5.91 Å². The van der Waals surface area contributed by atoms with E-state index in [1.54, 1.807) is 43.5 Å². The molecule has 3 aromatic carbocycles. The predicted molar refractivity (Wildman–Crippen MR) is 122 cm³/mol. The van der Waals surface area contributed by atoms with Crippen molar-refractivity contribution in [1.29, 1.82) is 0 Å². The van der Waals surface area contributed by atoms with Crippen molar-refractivity contribution in [3.8, 4) is 5.75 Å². The van der Waals surface area contributed by atoms with Gasteiger partial charge in [0.15, 0.2) is 0 Å². The van der Waals surface area contributed by atoms with Gasteiger partial charge in [0.25, 0.3) is 11.8 Å². The fraction of sp³-hybridized carbons (Fsp3) is 0.120. The number of benzene rings is 3. The number of halogens is 1. The standard InChI is InChI=1S/C25H21ClN2O3/c1-27(16-17-8-4-3-5-9-17)23-22(20-10-6-7-11-21(20)31-2)24(29)28(25(23)30)19-14-12-18(26)13-15-19/h3-15H,16H2,1-2H3. The summed E-state index contributed by atoms with van der Waals surface area (Å²) in [4.78, 5) is 30.1. The zero-order valence-corrected chi connectivity index (χ0v) is 18.0. The summed E-state index contributed by atoms with van der Waals surface area (Å²) >= 11 is 6.00. The van der Waals surface area contributed by atoms with Crippen molar-refractivity contribution in [1.82, 2.24) is 4.90 Å². The average molecular weight is 433 g/mol. The molecular weight excluding hydrogens is 412 g/mol. The van der Waals surface area contributed by atoms with Crippen LogP contribution in [0.25, 0.3) is 5.57 Å². The minimum atomic E-state index is -0.397. The van der Waals surface area contributed by atoms with E-state index in [-0.39, 0.29) is 5.91 Å². The second-order valence-corrected chi connectivity index (χ2v) is 7.62. The van der Waals surface area contributed by atoms with Crippen LogP contribution in [0.2, 0.25) is 5.02 Å². The molecule has 0 aliphatic carbocycles. The number of ether oxygens (including phenoxy) is 1. The summed E-state index contributed by atoms with van der Waals surface area (Å²) in [6, 6.07) is 23.7. The molecule has 1 aliphatic rings. The quantitative estimate of drug-likeness (QED) is 0.527. The van der Waals surface area contributed by atoms with Crippen molar-refractivity contribution in [2.75, 3.05) is 19.1 Å². The maximum Gasteiger partial charge on any atom is 0.282 e. The monoisotopic (exact) mass is 432 g/mol. The highest BCUT2D eigenvalue weighted by atomic mass is 35.5. The third kappa shape index (κ3) is 3.92. The van der Waals surface area contributed by atoms with Gasteiger partial charge in [-0.05, 0) is 35.9 Å². The number of para-hydroxylation sites is 1. The largest absolute Gasteiger partial charge is 0.496 e. The number of likely N-dealkylation sites (N-methyl/N-ethyl adjacent to an activating group) is 1. The summed E-state index contributed by atoms with van der Waals surface area (Å²) < 4.78 is 5.49. The summed E-state index contributed by atoms with van der Waals surface area (Å²) in [6.45, 7) is 0.475. The number of hydrogen-bond acceptors (Lipinski definition) is 4. The Bertz CT molecular complexity index is 1160. The van der Waals surface area contributed by atoms with E-state index in [2.05, 4.69) is 0 Å². The van der Waals surface area contributed by atoms with Crippen molar-refractivity contribution in [2.24, 2.45) is 0 Å². The molecule has 4 rings (SSSR count). The van der Waals surface area contributed by atoms with Crippen molar-refractivity contribution < 1.29 is 14.3 Å². The van der Waals surface area contributed by atoms with Crippen LogP contribution >= 0.6 is 11.6 Å². The molecule has 3 aromatic rings. The predicted octanol–water partition coefficient (Wildman–Crippen LogP) is 4.77. The number of imide groups is 1. The molecule has 0 fully saturated rings. The summed E-state index contributed by atoms with van der Waals surface area (Å²) in [6.07, 6.45) is 0.